The van der Waals surface area contributed by atoms with Crippen LogP contribution in [0.4, 0.5) is 11.5 Å². The van der Waals surface area contributed by atoms with Gasteiger partial charge in [-0.2, -0.15) is 0 Å². The first kappa shape index (κ1) is 26.5. The van der Waals surface area contributed by atoms with E-state index in [1.54, 1.807) is 36.7 Å². The Hall–Kier alpha value is -4.11. The lowest BCUT2D eigenvalue weighted by atomic mass is 9.63. The van der Waals surface area contributed by atoms with Crippen LogP contribution in [-0.4, -0.2) is 43.5 Å². The molecule has 2 amide bonds. The minimum absolute atomic E-state index is 0.0577. The van der Waals surface area contributed by atoms with E-state index in [2.05, 4.69) is 44.4 Å². The van der Waals surface area contributed by atoms with Crippen LogP contribution in [0.5, 0.6) is 0 Å². The molecule has 9 nitrogen and oxygen atoms in total. The molecule has 4 N–H and O–H groups in total. The van der Waals surface area contributed by atoms with Crippen molar-refractivity contribution >= 4 is 34.4 Å². The van der Waals surface area contributed by atoms with Crippen molar-refractivity contribution < 1.29 is 14.7 Å². The zero-order chi connectivity index (χ0) is 27.4. The molecule has 0 aliphatic heterocycles. The number of anilines is 2. The van der Waals surface area contributed by atoms with Gasteiger partial charge in [0.2, 0.25) is 5.91 Å². The average molecular weight is 527 g/mol. The van der Waals surface area contributed by atoms with E-state index in [0.717, 1.165) is 48.9 Å². The molecule has 0 radical (unpaired) electrons. The van der Waals surface area contributed by atoms with E-state index in [1.807, 2.05) is 24.3 Å². The minimum atomic E-state index is -0.411. The van der Waals surface area contributed by atoms with Crippen LogP contribution < -0.4 is 10.6 Å². The molecule has 0 bridgehead atoms. The molecule has 1 aliphatic carbocycles. The predicted molar refractivity (Wildman–Crippen MR) is 151 cm³/mol. The molecule has 39 heavy (non-hydrogen) atoms. The molecule has 202 valence electrons. The highest BCUT2D eigenvalue weighted by molar-refractivity contribution is 6.03. The number of nitrogens with zero attached hydrogens (tertiary/aromatic N) is 3. The summed E-state index contributed by atoms with van der Waals surface area (Å²) >= 11 is 0. The highest BCUT2D eigenvalue weighted by Crippen LogP contribution is 2.46. The van der Waals surface area contributed by atoms with Crippen molar-refractivity contribution in [2.24, 2.45) is 17.3 Å². The first-order chi connectivity index (χ1) is 18.9. The third kappa shape index (κ3) is 5.83. The maximum Gasteiger partial charge on any atom is 0.275 e. The van der Waals surface area contributed by atoms with Crippen LogP contribution in [0.15, 0.2) is 60.9 Å². The van der Waals surface area contributed by atoms with Gasteiger partial charge >= 0.3 is 0 Å². The summed E-state index contributed by atoms with van der Waals surface area (Å²) in [6.07, 6.45) is 7.47. The second kappa shape index (κ2) is 11.3. The van der Waals surface area contributed by atoms with Gasteiger partial charge in [-0.05, 0) is 80.3 Å². The lowest BCUT2D eigenvalue weighted by Gasteiger charge is -2.42. The fourth-order valence-corrected chi connectivity index (χ4v) is 5.84. The van der Waals surface area contributed by atoms with E-state index in [0.29, 0.717) is 34.7 Å². The van der Waals surface area contributed by atoms with Gasteiger partial charge in [-0.25, -0.2) is 9.97 Å². The number of H-pyrrole nitrogens is 1. The van der Waals surface area contributed by atoms with Gasteiger partial charge < -0.3 is 20.7 Å². The van der Waals surface area contributed by atoms with E-state index in [-0.39, 0.29) is 18.4 Å². The topological polar surface area (TPSA) is 133 Å². The van der Waals surface area contributed by atoms with Crippen molar-refractivity contribution in [3.8, 4) is 11.4 Å². The molecule has 9 heteroatoms. The maximum absolute atomic E-state index is 13.5. The molecule has 3 aromatic heterocycles. The van der Waals surface area contributed by atoms with Crippen LogP contribution in [0.2, 0.25) is 0 Å². The number of nitrogens with one attached hydrogen (secondary N) is 3. The molecular formula is C30H34N6O3. The van der Waals surface area contributed by atoms with Crippen LogP contribution in [0, 0.1) is 17.3 Å². The normalized spacial score (nSPS) is 21.0. The summed E-state index contributed by atoms with van der Waals surface area (Å²) in [6.45, 7) is 4.46. The summed E-state index contributed by atoms with van der Waals surface area (Å²) in [7, 11) is 0. The van der Waals surface area contributed by atoms with Crippen LogP contribution in [0.25, 0.3) is 22.4 Å². The number of amides is 2. The van der Waals surface area contributed by atoms with Gasteiger partial charge in [0.05, 0.1) is 17.2 Å². The number of benzene rings is 1. The smallest absolute Gasteiger partial charge is 0.275 e. The highest BCUT2D eigenvalue weighted by atomic mass is 16.3. The summed E-state index contributed by atoms with van der Waals surface area (Å²) in [5.74, 6) is 1.59. The van der Waals surface area contributed by atoms with Gasteiger partial charge in [-0.15, -0.1) is 0 Å². The monoisotopic (exact) mass is 526 g/mol. The Balaban J connectivity index is 1.28. The summed E-state index contributed by atoms with van der Waals surface area (Å²) in [5.41, 5.74) is 2.91. The zero-order valence-corrected chi connectivity index (χ0v) is 22.3. The van der Waals surface area contributed by atoms with E-state index < -0.39 is 5.41 Å². The van der Waals surface area contributed by atoms with E-state index in [9.17, 15) is 14.7 Å². The largest absolute Gasteiger partial charge is 0.396 e. The number of aliphatic hydroxyl groups is 1. The molecule has 3 unspecified atom stereocenters. The lowest BCUT2D eigenvalue weighted by Crippen LogP contribution is -2.42. The Morgan fingerprint density at radius 3 is 2.64 bits per heavy atom. The molecule has 0 spiro atoms. The predicted octanol–water partition coefficient (Wildman–Crippen LogP) is 5.43. The van der Waals surface area contributed by atoms with Crippen molar-refractivity contribution in [1.29, 1.82) is 0 Å². The minimum Gasteiger partial charge on any atom is -0.396 e. The molecule has 1 fully saturated rings. The number of carbonyl (C=O) groups is 2. The van der Waals surface area contributed by atoms with Gasteiger partial charge in [0.25, 0.3) is 5.91 Å². The van der Waals surface area contributed by atoms with Crippen LogP contribution in [-0.2, 0) is 4.79 Å². The first-order valence-electron chi connectivity index (χ1n) is 13.5. The number of rotatable bonds is 8. The van der Waals surface area contributed by atoms with Crippen LogP contribution in [0.3, 0.4) is 0 Å². The maximum atomic E-state index is 13.5. The number of hydrogen-bond donors (Lipinski definition) is 4. The first-order valence-corrected chi connectivity index (χ1v) is 13.5. The number of aliphatic hydroxyl groups excluding tert-OH is 1. The number of hydrogen-bond acceptors (Lipinski definition) is 6. The number of imidazole rings is 1. The molecule has 4 aromatic rings. The molecule has 1 saturated carbocycles. The Morgan fingerprint density at radius 2 is 1.92 bits per heavy atom. The highest BCUT2D eigenvalue weighted by Gasteiger charge is 2.43. The third-order valence-electron chi connectivity index (χ3n) is 7.77. The van der Waals surface area contributed by atoms with Gasteiger partial charge in [-0.1, -0.05) is 19.9 Å². The summed E-state index contributed by atoms with van der Waals surface area (Å²) in [6, 6.07) is 14.5. The van der Waals surface area contributed by atoms with Crippen molar-refractivity contribution in [2.45, 2.75) is 46.0 Å². The van der Waals surface area contributed by atoms with Crippen molar-refractivity contribution in [3.05, 3.63) is 66.6 Å². The molecule has 1 aliphatic rings. The number of aromatic amines is 1. The van der Waals surface area contributed by atoms with Crippen molar-refractivity contribution in [2.75, 3.05) is 17.2 Å². The van der Waals surface area contributed by atoms with Crippen molar-refractivity contribution in [1.82, 2.24) is 19.9 Å². The van der Waals surface area contributed by atoms with E-state index in [1.165, 1.54) is 0 Å². The number of pyridine rings is 2. The van der Waals surface area contributed by atoms with Gasteiger partial charge in [0.15, 0.2) is 0 Å². The number of aromatic nitrogens is 4. The molecule has 3 atom stereocenters. The molecular weight excluding hydrogens is 492 g/mol. The fraction of sp³-hybridized carbons (Fsp3) is 0.367. The lowest BCUT2D eigenvalue weighted by molar-refractivity contribution is -0.130. The molecule has 5 rings (SSSR count). The second-order valence-corrected chi connectivity index (χ2v) is 10.6. The van der Waals surface area contributed by atoms with Gasteiger partial charge in [0, 0.05) is 35.5 Å². The van der Waals surface area contributed by atoms with E-state index in [4.69, 9.17) is 0 Å². The number of fused-ring (bicyclic) bond motifs is 1. The molecule has 3 heterocycles. The van der Waals surface area contributed by atoms with E-state index >= 15 is 0 Å². The quantitative estimate of drug-likeness (QED) is 0.242. The standard InChI is InChI=1S/C30H34N6O3/c1-3-30(16-19(2)14-20(17-30)11-13-37)29(39)33-22-9-7-21(8-10-22)27-34-24-15-26(32-18-25(24)35-27)36-28(38)23-6-4-5-12-31-23/h4-10,12,15,18-20,37H,3,11,13-14,16-17H2,1-2H3,(H,33,39)(H,34,35)(H,32,36,38). The molecule has 0 saturated heterocycles. The van der Waals surface area contributed by atoms with Crippen molar-refractivity contribution in [3.63, 3.8) is 0 Å². The second-order valence-electron chi connectivity index (χ2n) is 10.6. The van der Waals surface area contributed by atoms with Gasteiger partial charge in [0.1, 0.15) is 17.3 Å². The van der Waals surface area contributed by atoms with Crippen LogP contribution >= 0.6 is 0 Å². The SMILES string of the molecule is CCC1(C(=O)Nc2ccc(-c3nc4cc(NC(=O)c5ccccn5)ncc4[nH]3)cc2)CC(C)CC(CCO)C1. The summed E-state index contributed by atoms with van der Waals surface area (Å²) in [5, 5.41) is 15.3. The number of carbonyl (C=O) groups excluding carboxylic acids is 2. The summed E-state index contributed by atoms with van der Waals surface area (Å²) in [4.78, 5) is 42.2. The summed E-state index contributed by atoms with van der Waals surface area (Å²) < 4.78 is 0. The average Bonchev–Trinajstić information content (AvgIpc) is 3.37. The molecule has 1 aromatic carbocycles. The zero-order valence-electron chi connectivity index (χ0n) is 22.3. The fourth-order valence-electron chi connectivity index (χ4n) is 5.84. The Labute approximate surface area is 227 Å². The third-order valence-corrected chi connectivity index (χ3v) is 7.77. The Bertz CT molecular complexity index is 1450. The van der Waals surface area contributed by atoms with Crippen LogP contribution in [0.1, 0.15) is 56.4 Å². The van der Waals surface area contributed by atoms with Gasteiger partial charge in [-0.3, -0.25) is 14.6 Å². The Morgan fingerprint density at radius 1 is 1.10 bits per heavy atom. The Kier molecular flexibility index (Phi) is 7.70.